The summed E-state index contributed by atoms with van der Waals surface area (Å²) in [6, 6.07) is 9.05. The van der Waals surface area contributed by atoms with Crippen LogP contribution < -0.4 is 5.73 Å². The maximum atomic E-state index is 11.1. The van der Waals surface area contributed by atoms with Gasteiger partial charge in [0.2, 0.25) is 0 Å². The Morgan fingerprint density at radius 2 is 2.06 bits per heavy atom. The molecule has 1 aromatic carbocycles. The Labute approximate surface area is 95.0 Å². The topological polar surface area (TPSA) is 72.5 Å². The molecule has 1 aromatic rings. The summed E-state index contributed by atoms with van der Waals surface area (Å²) in [5.41, 5.74) is 6.50. The maximum Gasteiger partial charge on any atom is 0.325 e. The Morgan fingerprint density at radius 1 is 1.38 bits per heavy atom. The van der Waals surface area contributed by atoms with Crippen LogP contribution in [-0.2, 0) is 16.0 Å². The number of aliphatic hydroxyl groups excluding tert-OH is 1. The van der Waals surface area contributed by atoms with Gasteiger partial charge in [-0.2, -0.15) is 0 Å². The van der Waals surface area contributed by atoms with Crippen LogP contribution in [0.25, 0.3) is 0 Å². The summed E-state index contributed by atoms with van der Waals surface area (Å²) in [5.74, 6) is -0.546. The molecule has 0 aliphatic carbocycles. The first-order valence-corrected chi connectivity index (χ1v) is 5.31. The highest BCUT2D eigenvalue weighted by Crippen LogP contribution is 2.02. The van der Waals surface area contributed by atoms with Gasteiger partial charge in [0.15, 0.2) is 0 Å². The normalized spacial score (nSPS) is 12.1. The zero-order chi connectivity index (χ0) is 11.8. The Bertz CT molecular complexity index is 313. The predicted molar refractivity (Wildman–Crippen MR) is 60.8 cm³/mol. The summed E-state index contributed by atoms with van der Waals surface area (Å²) in [4.78, 5) is 11.1. The molecule has 0 spiro atoms. The van der Waals surface area contributed by atoms with E-state index in [0.717, 1.165) is 12.8 Å². The smallest absolute Gasteiger partial charge is 0.325 e. The van der Waals surface area contributed by atoms with E-state index in [-0.39, 0.29) is 6.61 Å². The molecular formula is C12H17NO3. The number of rotatable bonds is 6. The number of nitrogens with two attached hydrogens (primary N) is 1. The Balaban J connectivity index is 2.15. The number of hydrogen-bond acceptors (Lipinski definition) is 4. The fourth-order valence-corrected chi connectivity index (χ4v) is 1.28. The van der Waals surface area contributed by atoms with Crippen molar-refractivity contribution < 1.29 is 14.6 Å². The molecule has 1 unspecified atom stereocenters. The van der Waals surface area contributed by atoms with Crippen LogP contribution in [0.4, 0.5) is 0 Å². The molecule has 4 nitrogen and oxygen atoms in total. The van der Waals surface area contributed by atoms with E-state index in [4.69, 9.17) is 15.6 Å². The fraction of sp³-hybridized carbons (Fsp3) is 0.417. The number of esters is 1. The largest absolute Gasteiger partial charge is 0.464 e. The number of aryl methyl sites for hydroxylation is 1. The third-order valence-corrected chi connectivity index (χ3v) is 2.20. The van der Waals surface area contributed by atoms with Crippen molar-refractivity contribution in [3.8, 4) is 0 Å². The molecule has 0 bridgehead atoms. The third-order valence-electron chi connectivity index (χ3n) is 2.20. The highest BCUT2D eigenvalue weighted by molar-refractivity contribution is 5.75. The van der Waals surface area contributed by atoms with Gasteiger partial charge in [-0.1, -0.05) is 30.3 Å². The highest BCUT2D eigenvalue weighted by Gasteiger charge is 2.12. The lowest BCUT2D eigenvalue weighted by Crippen LogP contribution is -2.35. The molecule has 0 heterocycles. The van der Waals surface area contributed by atoms with Crippen LogP contribution in [0.3, 0.4) is 0 Å². The van der Waals surface area contributed by atoms with Gasteiger partial charge < -0.3 is 15.6 Å². The molecule has 0 saturated carbocycles. The minimum absolute atomic E-state index is 0.335. The Morgan fingerprint density at radius 3 is 2.69 bits per heavy atom. The zero-order valence-corrected chi connectivity index (χ0v) is 9.13. The first-order chi connectivity index (χ1) is 7.74. The molecule has 0 saturated heterocycles. The lowest BCUT2D eigenvalue weighted by molar-refractivity contribution is -0.146. The van der Waals surface area contributed by atoms with Crippen molar-refractivity contribution in [3.05, 3.63) is 35.9 Å². The van der Waals surface area contributed by atoms with Crippen LogP contribution in [-0.4, -0.2) is 30.3 Å². The maximum absolute atomic E-state index is 11.1. The zero-order valence-electron chi connectivity index (χ0n) is 9.13. The van der Waals surface area contributed by atoms with E-state index in [1.54, 1.807) is 0 Å². The quantitative estimate of drug-likeness (QED) is 0.543. The number of carbonyl (C=O) groups is 1. The van der Waals surface area contributed by atoms with Crippen molar-refractivity contribution in [1.29, 1.82) is 0 Å². The summed E-state index contributed by atoms with van der Waals surface area (Å²) >= 11 is 0. The molecule has 4 heteroatoms. The van der Waals surface area contributed by atoms with Crippen molar-refractivity contribution >= 4 is 5.97 Å². The molecule has 0 radical (unpaired) electrons. The molecule has 88 valence electrons. The van der Waals surface area contributed by atoms with E-state index in [1.165, 1.54) is 5.56 Å². The molecule has 0 aliphatic heterocycles. The summed E-state index contributed by atoms with van der Waals surface area (Å²) in [5, 5.41) is 8.61. The second-order valence-corrected chi connectivity index (χ2v) is 3.55. The minimum Gasteiger partial charge on any atom is -0.464 e. The molecular weight excluding hydrogens is 206 g/mol. The van der Waals surface area contributed by atoms with E-state index >= 15 is 0 Å². The van der Waals surface area contributed by atoms with Crippen molar-refractivity contribution in [2.45, 2.75) is 18.9 Å². The number of hydrogen-bond donors (Lipinski definition) is 2. The van der Waals surface area contributed by atoms with Crippen molar-refractivity contribution in [1.82, 2.24) is 0 Å². The summed E-state index contributed by atoms with van der Waals surface area (Å²) < 4.78 is 4.89. The van der Waals surface area contributed by atoms with E-state index in [9.17, 15) is 4.79 Å². The molecule has 1 rings (SSSR count). The monoisotopic (exact) mass is 223 g/mol. The van der Waals surface area contributed by atoms with Gasteiger partial charge in [0, 0.05) is 0 Å². The van der Waals surface area contributed by atoms with Crippen LogP contribution in [0, 0.1) is 0 Å². The Kier molecular flexibility index (Phi) is 5.53. The van der Waals surface area contributed by atoms with Crippen LogP contribution in [0.2, 0.25) is 0 Å². The summed E-state index contributed by atoms with van der Waals surface area (Å²) in [6.45, 7) is -0.0427. The van der Waals surface area contributed by atoms with Crippen molar-refractivity contribution in [2.75, 3.05) is 13.2 Å². The van der Waals surface area contributed by atoms with Crippen LogP contribution in [0.5, 0.6) is 0 Å². The average Bonchev–Trinajstić information content (AvgIpc) is 2.34. The van der Waals surface area contributed by atoms with Gasteiger partial charge in [-0.15, -0.1) is 0 Å². The second kappa shape index (κ2) is 6.98. The minimum atomic E-state index is -0.920. The summed E-state index contributed by atoms with van der Waals surface area (Å²) in [7, 11) is 0. The van der Waals surface area contributed by atoms with Gasteiger partial charge in [0.1, 0.15) is 6.04 Å². The van der Waals surface area contributed by atoms with E-state index < -0.39 is 12.0 Å². The first kappa shape index (κ1) is 12.7. The van der Waals surface area contributed by atoms with Gasteiger partial charge in [0.25, 0.3) is 0 Å². The lowest BCUT2D eigenvalue weighted by atomic mass is 10.1. The van der Waals surface area contributed by atoms with Gasteiger partial charge >= 0.3 is 5.97 Å². The number of benzene rings is 1. The highest BCUT2D eigenvalue weighted by atomic mass is 16.5. The van der Waals surface area contributed by atoms with E-state index in [2.05, 4.69) is 0 Å². The molecule has 0 amide bonds. The van der Waals surface area contributed by atoms with Crippen LogP contribution >= 0.6 is 0 Å². The van der Waals surface area contributed by atoms with Gasteiger partial charge in [-0.3, -0.25) is 4.79 Å². The first-order valence-electron chi connectivity index (χ1n) is 5.31. The Hall–Kier alpha value is -1.39. The van der Waals surface area contributed by atoms with Crippen LogP contribution in [0.15, 0.2) is 30.3 Å². The number of carbonyl (C=O) groups excluding carboxylic acids is 1. The molecule has 0 aromatic heterocycles. The lowest BCUT2D eigenvalue weighted by Gasteiger charge is -2.08. The van der Waals surface area contributed by atoms with Crippen LogP contribution in [0.1, 0.15) is 12.0 Å². The molecule has 0 fully saturated rings. The molecule has 3 N–H and O–H groups in total. The fourth-order valence-electron chi connectivity index (χ4n) is 1.28. The number of ether oxygens (including phenoxy) is 1. The van der Waals surface area contributed by atoms with Gasteiger partial charge in [0.05, 0.1) is 13.2 Å². The molecule has 1 atom stereocenters. The SMILES string of the molecule is NC(CO)C(=O)OCCCc1ccccc1. The third kappa shape index (κ3) is 4.42. The second-order valence-electron chi connectivity index (χ2n) is 3.55. The van der Waals surface area contributed by atoms with E-state index in [1.807, 2.05) is 30.3 Å². The number of aliphatic hydroxyl groups is 1. The molecule has 0 aliphatic rings. The summed E-state index contributed by atoms with van der Waals surface area (Å²) in [6.07, 6.45) is 1.62. The molecule has 16 heavy (non-hydrogen) atoms. The van der Waals surface area contributed by atoms with Gasteiger partial charge in [-0.25, -0.2) is 0 Å². The van der Waals surface area contributed by atoms with E-state index in [0.29, 0.717) is 6.61 Å². The van der Waals surface area contributed by atoms with Crippen molar-refractivity contribution in [2.24, 2.45) is 5.73 Å². The van der Waals surface area contributed by atoms with Gasteiger partial charge in [-0.05, 0) is 18.4 Å². The predicted octanol–water partition coefficient (Wildman–Crippen LogP) is 0.482. The standard InChI is InChI=1S/C12H17NO3/c13-11(9-14)12(15)16-8-4-7-10-5-2-1-3-6-10/h1-3,5-6,11,14H,4,7-9,13H2. The average molecular weight is 223 g/mol. The van der Waals surface area contributed by atoms with Crippen molar-refractivity contribution in [3.63, 3.8) is 0 Å².